The molecule has 9 nitrogen and oxygen atoms in total. The zero-order valence-corrected chi connectivity index (χ0v) is 17.4. The normalized spacial score (nSPS) is 11.0. The van der Waals surface area contributed by atoms with Crippen LogP contribution in [0.25, 0.3) is 22.3 Å². The SMILES string of the molecule is CCCn1cc(-c2nc(Nc3ccc(C(=O)NCCCN)cc3)nc3[nH]ccc23)cn1. The molecule has 0 fully saturated rings. The summed E-state index contributed by atoms with van der Waals surface area (Å²) in [6.45, 7) is 4.10. The molecule has 1 aromatic carbocycles. The molecule has 160 valence electrons. The molecule has 0 atom stereocenters. The number of aromatic amines is 1. The van der Waals surface area contributed by atoms with Crippen molar-refractivity contribution in [1.29, 1.82) is 0 Å². The molecule has 5 N–H and O–H groups in total. The number of anilines is 2. The predicted octanol–water partition coefficient (Wildman–Crippen LogP) is 3.05. The van der Waals surface area contributed by atoms with E-state index in [4.69, 9.17) is 10.7 Å². The highest BCUT2D eigenvalue weighted by Crippen LogP contribution is 2.27. The standard InChI is InChI=1S/C22H26N8O/c1-2-12-30-14-16(13-26-30)19-18-8-11-24-20(18)29-22(28-19)27-17-6-4-15(5-7-17)21(31)25-10-3-9-23/h4-8,11,13-14H,2-3,9-10,12,23H2,1H3,(H,25,31)(H2,24,27,28,29). The first kappa shape index (κ1) is 20.5. The van der Waals surface area contributed by atoms with Crippen molar-refractivity contribution < 1.29 is 4.79 Å². The van der Waals surface area contributed by atoms with E-state index in [0.29, 0.717) is 24.6 Å². The number of fused-ring (bicyclic) bond motifs is 1. The van der Waals surface area contributed by atoms with E-state index in [2.05, 4.69) is 32.6 Å². The summed E-state index contributed by atoms with van der Waals surface area (Å²) < 4.78 is 1.92. The van der Waals surface area contributed by atoms with Crippen LogP contribution in [0.15, 0.2) is 48.9 Å². The first-order chi connectivity index (χ1) is 15.2. The van der Waals surface area contributed by atoms with Crippen molar-refractivity contribution in [2.24, 2.45) is 5.73 Å². The van der Waals surface area contributed by atoms with E-state index in [1.165, 1.54) is 0 Å². The van der Waals surface area contributed by atoms with Crippen molar-refractivity contribution in [1.82, 2.24) is 30.0 Å². The number of H-pyrrole nitrogens is 1. The van der Waals surface area contributed by atoms with E-state index in [9.17, 15) is 4.79 Å². The Hall–Kier alpha value is -3.72. The van der Waals surface area contributed by atoms with Crippen molar-refractivity contribution >= 4 is 28.6 Å². The van der Waals surface area contributed by atoms with Gasteiger partial charge in [0.05, 0.1) is 11.9 Å². The van der Waals surface area contributed by atoms with E-state index < -0.39 is 0 Å². The van der Waals surface area contributed by atoms with Gasteiger partial charge in [-0.15, -0.1) is 0 Å². The molecular formula is C22H26N8O. The summed E-state index contributed by atoms with van der Waals surface area (Å²) in [4.78, 5) is 24.6. The molecule has 4 rings (SSSR count). The Morgan fingerprint density at radius 1 is 1.19 bits per heavy atom. The van der Waals surface area contributed by atoms with Crippen LogP contribution in [0.4, 0.5) is 11.6 Å². The van der Waals surface area contributed by atoms with Crippen LogP contribution in [0.2, 0.25) is 0 Å². The van der Waals surface area contributed by atoms with Crippen molar-refractivity contribution in [3.05, 3.63) is 54.5 Å². The van der Waals surface area contributed by atoms with Crippen LogP contribution in [0.1, 0.15) is 30.1 Å². The number of hydrogen-bond acceptors (Lipinski definition) is 6. The van der Waals surface area contributed by atoms with Crippen LogP contribution in [-0.2, 0) is 6.54 Å². The minimum absolute atomic E-state index is 0.115. The van der Waals surface area contributed by atoms with Crippen molar-refractivity contribution in [3.63, 3.8) is 0 Å². The van der Waals surface area contributed by atoms with Gasteiger partial charge in [-0.2, -0.15) is 10.1 Å². The molecule has 1 amide bonds. The smallest absolute Gasteiger partial charge is 0.251 e. The monoisotopic (exact) mass is 418 g/mol. The molecule has 0 saturated heterocycles. The Balaban J connectivity index is 1.55. The van der Waals surface area contributed by atoms with Gasteiger partial charge >= 0.3 is 0 Å². The molecule has 3 aromatic heterocycles. The van der Waals surface area contributed by atoms with Crippen molar-refractivity contribution in [2.45, 2.75) is 26.3 Å². The van der Waals surface area contributed by atoms with Gasteiger partial charge in [0.25, 0.3) is 5.91 Å². The summed E-state index contributed by atoms with van der Waals surface area (Å²) in [6, 6.07) is 9.16. The molecular weight excluding hydrogens is 392 g/mol. The summed E-state index contributed by atoms with van der Waals surface area (Å²) in [6.07, 6.45) is 7.44. The number of hydrogen-bond donors (Lipinski definition) is 4. The number of aromatic nitrogens is 5. The fourth-order valence-corrected chi connectivity index (χ4v) is 3.29. The lowest BCUT2D eigenvalue weighted by molar-refractivity contribution is 0.0953. The number of carbonyl (C=O) groups excluding carboxylic acids is 1. The molecule has 0 spiro atoms. The minimum Gasteiger partial charge on any atom is -0.352 e. The maximum absolute atomic E-state index is 12.1. The Morgan fingerprint density at radius 3 is 2.81 bits per heavy atom. The van der Waals surface area contributed by atoms with Gasteiger partial charge in [0, 0.05) is 47.7 Å². The zero-order valence-electron chi connectivity index (χ0n) is 17.4. The highest BCUT2D eigenvalue weighted by molar-refractivity contribution is 5.94. The van der Waals surface area contributed by atoms with Gasteiger partial charge in [-0.3, -0.25) is 9.48 Å². The number of nitrogens with two attached hydrogens (primary N) is 1. The number of aryl methyl sites for hydroxylation is 1. The van der Waals surface area contributed by atoms with E-state index in [1.54, 1.807) is 12.1 Å². The van der Waals surface area contributed by atoms with Gasteiger partial charge in [-0.1, -0.05) is 6.92 Å². The number of nitrogens with one attached hydrogen (secondary N) is 3. The second-order valence-electron chi connectivity index (χ2n) is 7.23. The molecule has 3 heterocycles. The Morgan fingerprint density at radius 2 is 2.03 bits per heavy atom. The maximum Gasteiger partial charge on any atom is 0.251 e. The molecule has 9 heteroatoms. The zero-order chi connectivity index (χ0) is 21.6. The maximum atomic E-state index is 12.1. The third kappa shape index (κ3) is 4.72. The molecule has 0 aliphatic carbocycles. The van der Waals surface area contributed by atoms with Gasteiger partial charge in [-0.05, 0) is 49.7 Å². The number of amides is 1. The molecule has 31 heavy (non-hydrogen) atoms. The van der Waals surface area contributed by atoms with Gasteiger partial charge < -0.3 is 21.4 Å². The third-order valence-corrected chi connectivity index (χ3v) is 4.84. The van der Waals surface area contributed by atoms with Gasteiger partial charge in [0.1, 0.15) is 5.65 Å². The van der Waals surface area contributed by atoms with Crippen LogP contribution < -0.4 is 16.4 Å². The lowest BCUT2D eigenvalue weighted by atomic mass is 10.2. The Bertz CT molecular complexity index is 1160. The third-order valence-electron chi connectivity index (χ3n) is 4.84. The van der Waals surface area contributed by atoms with E-state index in [0.717, 1.165) is 47.4 Å². The average molecular weight is 419 g/mol. The van der Waals surface area contributed by atoms with Crippen LogP contribution in [0.3, 0.4) is 0 Å². The van der Waals surface area contributed by atoms with Crippen molar-refractivity contribution in [2.75, 3.05) is 18.4 Å². The van der Waals surface area contributed by atoms with Gasteiger partial charge in [0.15, 0.2) is 0 Å². The number of carbonyl (C=O) groups is 1. The second-order valence-corrected chi connectivity index (χ2v) is 7.23. The summed E-state index contributed by atoms with van der Waals surface area (Å²) >= 11 is 0. The van der Waals surface area contributed by atoms with Crippen LogP contribution in [0, 0.1) is 0 Å². The van der Waals surface area contributed by atoms with E-state index >= 15 is 0 Å². The van der Waals surface area contributed by atoms with Crippen LogP contribution >= 0.6 is 0 Å². The summed E-state index contributed by atoms with van der Waals surface area (Å²) in [5, 5.41) is 11.4. The van der Waals surface area contributed by atoms with Crippen LogP contribution in [-0.4, -0.2) is 43.7 Å². The van der Waals surface area contributed by atoms with E-state index in [-0.39, 0.29) is 5.91 Å². The van der Waals surface area contributed by atoms with Crippen molar-refractivity contribution in [3.8, 4) is 11.3 Å². The number of rotatable bonds is 9. The molecule has 0 radical (unpaired) electrons. The highest BCUT2D eigenvalue weighted by atomic mass is 16.1. The van der Waals surface area contributed by atoms with Crippen LogP contribution in [0.5, 0.6) is 0 Å². The quantitative estimate of drug-likeness (QED) is 0.310. The summed E-state index contributed by atoms with van der Waals surface area (Å²) in [5.74, 6) is 0.351. The molecule has 0 aliphatic rings. The molecule has 0 unspecified atom stereocenters. The lowest BCUT2D eigenvalue weighted by Crippen LogP contribution is -2.25. The fraction of sp³-hybridized carbons (Fsp3) is 0.273. The first-order valence-electron chi connectivity index (χ1n) is 10.4. The minimum atomic E-state index is -0.115. The Labute approximate surface area is 180 Å². The molecule has 0 bridgehead atoms. The summed E-state index contributed by atoms with van der Waals surface area (Å²) in [7, 11) is 0. The predicted molar refractivity (Wildman–Crippen MR) is 121 cm³/mol. The average Bonchev–Trinajstić information content (AvgIpc) is 3.44. The summed E-state index contributed by atoms with van der Waals surface area (Å²) in [5.41, 5.74) is 9.33. The molecule has 0 saturated carbocycles. The fourth-order valence-electron chi connectivity index (χ4n) is 3.29. The lowest BCUT2D eigenvalue weighted by Gasteiger charge is -2.09. The molecule has 4 aromatic rings. The van der Waals surface area contributed by atoms with Gasteiger partial charge in [-0.25, -0.2) is 4.98 Å². The molecule has 0 aliphatic heterocycles. The second kappa shape index (κ2) is 9.40. The number of benzene rings is 1. The number of nitrogens with zero attached hydrogens (tertiary/aromatic N) is 4. The Kier molecular flexibility index (Phi) is 6.23. The topological polar surface area (TPSA) is 127 Å². The van der Waals surface area contributed by atoms with Gasteiger partial charge in [0.2, 0.25) is 5.95 Å². The van der Waals surface area contributed by atoms with E-state index in [1.807, 2.05) is 41.5 Å². The largest absolute Gasteiger partial charge is 0.352 e. The first-order valence-corrected chi connectivity index (χ1v) is 10.4. The highest BCUT2D eigenvalue weighted by Gasteiger charge is 2.13.